The molecule has 9 heteroatoms. The van der Waals surface area contributed by atoms with Gasteiger partial charge in [0, 0.05) is 23.5 Å². The van der Waals surface area contributed by atoms with Crippen LogP contribution in [0.4, 0.5) is 15.9 Å². The zero-order chi connectivity index (χ0) is 21.7. The number of carbonyl (C=O) groups excluding carboxylic acids is 1. The molecule has 0 fully saturated rings. The predicted molar refractivity (Wildman–Crippen MR) is 114 cm³/mol. The van der Waals surface area contributed by atoms with Crippen molar-refractivity contribution in [2.45, 2.75) is 26.3 Å². The first-order chi connectivity index (χ1) is 14.4. The molecule has 2 N–H and O–H groups in total. The third-order valence-corrected chi connectivity index (χ3v) is 4.69. The second kappa shape index (κ2) is 9.49. The maximum atomic E-state index is 14.3. The van der Waals surface area contributed by atoms with Crippen molar-refractivity contribution in [3.63, 3.8) is 0 Å². The highest BCUT2D eigenvalue weighted by Crippen LogP contribution is 2.30. The molecule has 2 heterocycles. The average molecular weight is 430 g/mol. The van der Waals surface area contributed by atoms with Crippen LogP contribution >= 0.6 is 11.6 Å². The molecule has 3 rings (SSSR count). The van der Waals surface area contributed by atoms with E-state index in [0.29, 0.717) is 22.0 Å². The molecule has 156 valence electrons. The molecule has 0 saturated heterocycles. The Morgan fingerprint density at radius 1 is 1.30 bits per heavy atom. The first-order valence-electron chi connectivity index (χ1n) is 9.31. The van der Waals surface area contributed by atoms with Gasteiger partial charge in [-0.1, -0.05) is 18.5 Å². The van der Waals surface area contributed by atoms with E-state index >= 15 is 0 Å². The van der Waals surface area contributed by atoms with Crippen molar-refractivity contribution >= 4 is 29.0 Å². The van der Waals surface area contributed by atoms with Crippen molar-refractivity contribution in [2.75, 3.05) is 12.4 Å². The van der Waals surface area contributed by atoms with Crippen LogP contribution in [0.3, 0.4) is 0 Å². The van der Waals surface area contributed by atoms with Gasteiger partial charge in [0.2, 0.25) is 0 Å². The molecule has 30 heavy (non-hydrogen) atoms. The van der Waals surface area contributed by atoms with Crippen LogP contribution in [0, 0.1) is 5.82 Å². The molecule has 1 aromatic carbocycles. The van der Waals surface area contributed by atoms with Crippen molar-refractivity contribution in [2.24, 2.45) is 0 Å². The van der Waals surface area contributed by atoms with Crippen LogP contribution in [0.1, 0.15) is 30.6 Å². The Labute approximate surface area is 178 Å². The van der Waals surface area contributed by atoms with E-state index < -0.39 is 5.82 Å². The van der Waals surface area contributed by atoms with Gasteiger partial charge in [-0.2, -0.15) is 0 Å². The highest BCUT2D eigenvalue weighted by atomic mass is 35.5. The van der Waals surface area contributed by atoms with Crippen LogP contribution in [-0.2, 0) is 0 Å². The van der Waals surface area contributed by atoms with Gasteiger partial charge in [-0.25, -0.2) is 14.4 Å². The molecular formula is C21H21ClFN5O2. The lowest BCUT2D eigenvalue weighted by atomic mass is 10.2. The summed E-state index contributed by atoms with van der Waals surface area (Å²) in [5.74, 6) is -0.0583. The molecule has 0 aliphatic heterocycles. The Balaban J connectivity index is 1.99. The summed E-state index contributed by atoms with van der Waals surface area (Å²) in [6.45, 7) is 3.90. The molecule has 0 radical (unpaired) electrons. The van der Waals surface area contributed by atoms with Gasteiger partial charge in [-0.3, -0.25) is 9.78 Å². The summed E-state index contributed by atoms with van der Waals surface area (Å²) in [6.07, 6.45) is 5.23. The zero-order valence-corrected chi connectivity index (χ0v) is 17.5. The normalized spacial score (nSPS) is 11.6. The number of hydrogen-bond acceptors (Lipinski definition) is 6. The minimum Gasteiger partial charge on any atom is -0.491 e. The fraction of sp³-hybridized carbons (Fsp3) is 0.238. The number of nitrogens with one attached hydrogen (secondary N) is 2. The van der Waals surface area contributed by atoms with Gasteiger partial charge in [0.15, 0.2) is 17.4 Å². The lowest BCUT2D eigenvalue weighted by Gasteiger charge is -2.16. The van der Waals surface area contributed by atoms with Gasteiger partial charge in [-0.05, 0) is 37.6 Å². The number of carbonyl (C=O) groups is 1. The van der Waals surface area contributed by atoms with Crippen molar-refractivity contribution in [3.8, 4) is 17.1 Å². The highest BCUT2D eigenvalue weighted by molar-refractivity contribution is 6.30. The SMILES string of the molecule is CCC(C)NC(=O)c1cnccc1Nc1nc(-c2cc(Cl)ccc2F)ncc1OC. The summed E-state index contributed by atoms with van der Waals surface area (Å²) in [6, 6.07) is 5.80. The maximum absolute atomic E-state index is 14.3. The summed E-state index contributed by atoms with van der Waals surface area (Å²) < 4.78 is 19.6. The molecule has 0 aliphatic carbocycles. The van der Waals surface area contributed by atoms with E-state index in [1.807, 2.05) is 13.8 Å². The van der Waals surface area contributed by atoms with Crippen molar-refractivity contribution < 1.29 is 13.9 Å². The highest BCUT2D eigenvalue weighted by Gasteiger charge is 2.17. The van der Waals surface area contributed by atoms with E-state index in [1.54, 1.807) is 12.3 Å². The van der Waals surface area contributed by atoms with E-state index in [2.05, 4.69) is 25.6 Å². The molecule has 2 aromatic heterocycles. The van der Waals surface area contributed by atoms with Gasteiger partial charge in [0.25, 0.3) is 5.91 Å². The van der Waals surface area contributed by atoms with Crippen LogP contribution in [0.25, 0.3) is 11.4 Å². The minimum atomic E-state index is -0.506. The molecule has 7 nitrogen and oxygen atoms in total. The zero-order valence-electron chi connectivity index (χ0n) is 16.7. The number of aromatic nitrogens is 3. The predicted octanol–water partition coefficient (Wildman–Crippen LogP) is 4.61. The van der Waals surface area contributed by atoms with Crippen molar-refractivity contribution in [1.82, 2.24) is 20.3 Å². The van der Waals surface area contributed by atoms with E-state index in [1.165, 1.54) is 37.7 Å². The molecule has 1 atom stereocenters. The molecule has 1 amide bonds. The lowest BCUT2D eigenvalue weighted by molar-refractivity contribution is 0.0940. The Kier molecular flexibility index (Phi) is 6.79. The number of nitrogens with zero attached hydrogens (tertiary/aromatic N) is 3. The summed E-state index contributed by atoms with van der Waals surface area (Å²) in [5, 5.41) is 6.34. The largest absolute Gasteiger partial charge is 0.491 e. The number of methoxy groups -OCH3 is 1. The molecule has 0 saturated carbocycles. The van der Waals surface area contributed by atoms with E-state index in [-0.39, 0.29) is 29.2 Å². The van der Waals surface area contributed by atoms with Crippen LogP contribution in [0.5, 0.6) is 5.75 Å². The second-order valence-electron chi connectivity index (χ2n) is 6.56. The topological polar surface area (TPSA) is 89.0 Å². The summed E-state index contributed by atoms with van der Waals surface area (Å²) in [5.41, 5.74) is 0.965. The lowest BCUT2D eigenvalue weighted by Crippen LogP contribution is -2.32. The van der Waals surface area contributed by atoms with E-state index in [0.717, 1.165) is 6.42 Å². The fourth-order valence-corrected chi connectivity index (χ4v) is 2.80. The van der Waals surface area contributed by atoms with Crippen LogP contribution in [0.15, 0.2) is 42.9 Å². The molecule has 3 aromatic rings. The smallest absolute Gasteiger partial charge is 0.255 e. The summed E-state index contributed by atoms with van der Waals surface area (Å²) >= 11 is 5.99. The Hall–Kier alpha value is -3.26. The maximum Gasteiger partial charge on any atom is 0.255 e. The van der Waals surface area contributed by atoms with Crippen LogP contribution in [0.2, 0.25) is 5.02 Å². The Morgan fingerprint density at radius 2 is 2.10 bits per heavy atom. The number of pyridine rings is 1. The number of anilines is 2. The molecule has 0 spiro atoms. The standard InChI is InChI=1S/C21H21ClFN5O2/c1-4-12(2)26-21(29)15-10-24-8-7-17(15)27-20-18(30-3)11-25-19(28-20)14-9-13(22)5-6-16(14)23/h5-12H,4H2,1-3H3,(H,26,29)(H,24,25,27,28). The quantitative estimate of drug-likeness (QED) is 0.570. The van der Waals surface area contributed by atoms with Crippen molar-refractivity contribution in [1.29, 1.82) is 0 Å². The molecule has 0 bridgehead atoms. The molecular weight excluding hydrogens is 409 g/mol. The van der Waals surface area contributed by atoms with E-state index in [4.69, 9.17) is 16.3 Å². The fourth-order valence-electron chi connectivity index (χ4n) is 2.62. The van der Waals surface area contributed by atoms with Crippen molar-refractivity contribution in [3.05, 3.63) is 59.3 Å². The first-order valence-corrected chi connectivity index (χ1v) is 9.69. The minimum absolute atomic E-state index is 0.0107. The third-order valence-electron chi connectivity index (χ3n) is 4.45. The number of halogens is 2. The first kappa shape index (κ1) is 21.4. The van der Waals surface area contributed by atoms with Gasteiger partial charge in [-0.15, -0.1) is 0 Å². The number of ether oxygens (including phenoxy) is 1. The van der Waals surface area contributed by atoms with E-state index in [9.17, 15) is 9.18 Å². The monoisotopic (exact) mass is 429 g/mol. The molecule has 0 aliphatic rings. The number of amides is 1. The van der Waals surface area contributed by atoms with Gasteiger partial charge in [0.1, 0.15) is 5.82 Å². The van der Waals surface area contributed by atoms with Crippen LogP contribution < -0.4 is 15.4 Å². The van der Waals surface area contributed by atoms with Gasteiger partial charge >= 0.3 is 0 Å². The Bertz CT molecular complexity index is 1060. The molecule has 1 unspecified atom stereocenters. The third kappa shape index (κ3) is 4.83. The number of benzene rings is 1. The summed E-state index contributed by atoms with van der Waals surface area (Å²) in [7, 11) is 1.46. The summed E-state index contributed by atoms with van der Waals surface area (Å²) in [4.78, 5) is 25.2. The number of hydrogen-bond donors (Lipinski definition) is 2. The Morgan fingerprint density at radius 3 is 2.83 bits per heavy atom. The average Bonchev–Trinajstić information content (AvgIpc) is 2.75. The van der Waals surface area contributed by atoms with Crippen LogP contribution in [-0.4, -0.2) is 34.0 Å². The second-order valence-corrected chi connectivity index (χ2v) is 7.00. The van der Waals surface area contributed by atoms with Gasteiger partial charge < -0.3 is 15.4 Å². The number of rotatable bonds is 7. The van der Waals surface area contributed by atoms with Gasteiger partial charge in [0.05, 0.1) is 30.1 Å².